The Hall–Kier alpha value is -2.91. The highest BCUT2D eigenvalue weighted by atomic mass is 35.5. The first kappa shape index (κ1) is 22.3. The Bertz CT molecular complexity index is 1320. The molecule has 0 fully saturated rings. The minimum atomic E-state index is -0.543. The predicted molar refractivity (Wildman–Crippen MR) is 133 cm³/mol. The maximum absolute atomic E-state index is 12.6. The van der Waals surface area contributed by atoms with Gasteiger partial charge in [0.25, 0.3) is 5.91 Å². The summed E-state index contributed by atoms with van der Waals surface area (Å²) in [6.45, 7) is 0. The number of thiazole rings is 1. The van der Waals surface area contributed by atoms with Crippen LogP contribution in [-0.2, 0) is 0 Å². The number of aromatic hydroxyl groups is 1. The monoisotopic (exact) mass is 503 g/mol. The fourth-order valence-corrected chi connectivity index (χ4v) is 4.83. The van der Waals surface area contributed by atoms with Gasteiger partial charge in [-0.3, -0.25) is 10.1 Å². The molecule has 32 heavy (non-hydrogen) atoms. The van der Waals surface area contributed by atoms with Crippen LogP contribution in [0.5, 0.6) is 11.5 Å². The highest BCUT2D eigenvalue weighted by Crippen LogP contribution is 2.36. The van der Waals surface area contributed by atoms with Crippen molar-refractivity contribution in [1.82, 2.24) is 10.3 Å². The van der Waals surface area contributed by atoms with Crippen molar-refractivity contribution < 1.29 is 14.6 Å². The standard InChI is InChI=1S/C22H15Cl2N3O3S2/c1-30-19-14(8-11(23)9-15(19)24)20(29)27-22(31)25-12-6-7-13(17(28)10-12)21-26-16-4-2-3-5-18(16)32-21/h2-10,28H,1H3,(H2,25,27,29,31). The topological polar surface area (TPSA) is 83.5 Å². The lowest BCUT2D eigenvalue weighted by Gasteiger charge is -2.13. The summed E-state index contributed by atoms with van der Waals surface area (Å²) in [7, 11) is 1.40. The molecule has 4 rings (SSSR count). The Labute approximate surface area is 202 Å². The molecule has 4 aromatic rings. The molecule has 1 aromatic heterocycles. The average molecular weight is 504 g/mol. The number of ether oxygens (including phenoxy) is 1. The van der Waals surface area contributed by atoms with E-state index in [1.54, 1.807) is 12.1 Å². The first-order valence-electron chi connectivity index (χ1n) is 9.20. The van der Waals surface area contributed by atoms with E-state index < -0.39 is 5.91 Å². The molecule has 10 heteroatoms. The molecule has 0 saturated carbocycles. The van der Waals surface area contributed by atoms with Gasteiger partial charge in [-0.25, -0.2) is 4.98 Å². The zero-order chi connectivity index (χ0) is 22.8. The van der Waals surface area contributed by atoms with Gasteiger partial charge in [0.1, 0.15) is 16.5 Å². The number of methoxy groups -OCH3 is 1. The van der Waals surface area contributed by atoms with E-state index in [1.807, 2.05) is 24.3 Å². The first-order valence-corrected chi connectivity index (χ1v) is 11.2. The van der Waals surface area contributed by atoms with Gasteiger partial charge in [0, 0.05) is 16.8 Å². The van der Waals surface area contributed by atoms with Gasteiger partial charge in [-0.1, -0.05) is 35.3 Å². The van der Waals surface area contributed by atoms with Crippen molar-refractivity contribution in [3.63, 3.8) is 0 Å². The molecule has 162 valence electrons. The number of nitrogens with one attached hydrogen (secondary N) is 2. The number of thiocarbonyl (C=S) groups is 1. The minimum Gasteiger partial charge on any atom is -0.507 e. The predicted octanol–water partition coefficient (Wildman–Crippen LogP) is 6.11. The van der Waals surface area contributed by atoms with Gasteiger partial charge in [0.05, 0.1) is 33.5 Å². The van der Waals surface area contributed by atoms with E-state index in [-0.39, 0.29) is 32.2 Å². The molecular weight excluding hydrogens is 489 g/mol. The van der Waals surface area contributed by atoms with Gasteiger partial charge in [-0.2, -0.15) is 0 Å². The van der Waals surface area contributed by atoms with Crippen LogP contribution in [0.25, 0.3) is 20.8 Å². The van der Waals surface area contributed by atoms with Crippen molar-refractivity contribution in [2.75, 3.05) is 12.4 Å². The molecule has 1 heterocycles. The molecule has 0 radical (unpaired) electrons. The second kappa shape index (κ2) is 9.30. The van der Waals surface area contributed by atoms with Gasteiger partial charge < -0.3 is 15.2 Å². The summed E-state index contributed by atoms with van der Waals surface area (Å²) in [4.78, 5) is 17.2. The molecule has 0 aliphatic heterocycles. The summed E-state index contributed by atoms with van der Waals surface area (Å²) in [5.74, 6) is -0.320. The number of hydrogen-bond donors (Lipinski definition) is 3. The highest BCUT2D eigenvalue weighted by molar-refractivity contribution is 7.80. The number of carbonyl (C=O) groups excluding carboxylic acids is 1. The van der Waals surface area contributed by atoms with Crippen LogP contribution < -0.4 is 15.4 Å². The molecule has 1 amide bonds. The van der Waals surface area contributed by atoms with E-state index in [2.05, 4.69) is 15.6 Å². The summed E-state index contributed by atoms with van der Waals surface area (Å²) in [5.41, 5.74) is 2.11. The van der Waals surface area contributed by atoms with Crippen LogP contribution in [0.1, 0.15) is 10.4 Å². The first-order chi connectivity index (χ1) is 15.4. The zero-order valence-corrected chi connectivity index (χ0v) is 19.6. The van der Waals surface area contributed by atoms with Crippen LogP contribution in [0.4, 0.5) is 5.69 Å². The Morgan fingerprint density at radius 3 is 2.66 bits per heavy atom. The van der Waals surface area contributed by atoms with E-state index in [9.17, 15) is 9.90 Å². The number of amides is 1. The Morgan fingerprint density at radius 2 is 1.94 bits per heavy atom. The third-order valence-electron chi connectivity index (χ3n) is 4.46. The number of fused-ring (bicyclic) bond motifs is 1. The van der Waals surface area contributed by atoms with Crippen LogP contribution in [0, 0.1) is 0 Å². The van der Waals surface area contributed by atoms with Crippen LogP contribution in [0.15, 0.2) is 54.6 Å². The number of benzene rings is 3. The average Bonchev–Trinajstić information content (AvgIpc) is 3.17. The lowest BCUT2D eigenvalue weighted by Crippen LogP contribution is -2.34. The van der Waals surface area contributed by atoms with Crippen molar-refractivity contribution >= 4 is 73.7 Å². The SMILES string of the molecule is COc1c(Cl)cc(Cl)cc1C(=O)NC(=S)Nc1ccc(-c2nc3ccccc3s2)c(O)c1. The largest absolute Gasteiger partial charge is 0.507 e. The normalized spacial score (nSPS) is 10.7. The lowest BCUT2D eigenvalue weighted by atomic mass is 10.2. The molecule has 0 aliphatic rings. The van der Waals surface area contributed by atoms with Crippen molar-refractivity contribution in [2.45, 2.75) is 0 Å². The Balaban J connectivity index is 1.49. The van der Waals surface area contributed by atoms with Crippen molar-refractivity contribution in [3.8, 4) is 22.1 Å². The summed E-state index contributed by atoms with van der Waals surface area (Å²) >= 11 is 18.8. The highest BCUT2D eigenvalue weighted by Gasteiger charge is 2.18. The Morgan fingerprint density at radius 1 is 1.16 bits per heavy atom. The van der Waals surface area contributed by atoms with Crippen molar-refractivity contribution in [1.29, 1.82) is 0 Å². The molecule has 0 bridgehead atoms. The van der Waals surface area contributed by atoms with Crippen LogP contribution >= 0.6 is 46.8 Å². The maximum Gasteiger partial charge on any atom is 0.261 e. The van der Waals surface area contributed by atoms with Gasteiger partial charge in [0.2, 0.25) is 0 Å². The number of anilines is 1. The number of para-hydroxylation sites is 1. The number of phenolic OH excluding ortho intramolecular Hbond substituents is 1. The zero-order valence-electron chi connectivity index (χ0n) is 16.5. The number of aromatic nitrogens is 1. The van der Waals surface area contributed by atoms with E-state index in [4.69, 9.17) is 40.2 Å². The Kier molecular flexibility index (Phi) is 6.48. The summed E-state index contributed by atoms with van der Waals surface area (Å²) in [5, 5.41) is 17.2. The number of nitrogens with zero attached hydrogens (tertiary/aromatic N) is 1. The van der Waals surface area contributed by atoms with Crippen LogP contribution in [-0.4, -0.2) is 28.2 Å². The smallest absolute Gasteiger partial charge is 0.261 e. The molecular formula is C22H15Cl2N3O3S2. The number of rotatable bonds is 4. The van der Waals surface area contributed by atoms with Crippen molar-refractivity contribution in [3.05, 3.63) is 70.2 Å². The number of phenols is 1. The minimum absolute atomic E-state index is 0.0280. The van der Waals surface area contributed by atoms with Crippen molar-refractivity contribution in [2.24, 2.45) is 0 Å². The van der Waals surface area contributed by atoms with E-state index in [1.165, 1.54) is 36.6 Å². The summed E-state index contributed by atoms with van der Waals surface area (Å²) in [6, 6.07) is 15.7. The molecule has 0 atom stereocenters. The fourth-order valence-electron chi connectivity index (χ4n) is 3.05. The molecule has 0 unspecified atom stereocenters. The summed E-state index contributed by atoms with van der Waals surface area (Å²) < 4.78 is 6.22. The second-order valence-electron chi connectivity index (χ2n) is 6.60. The lowest BCUT2D eigenvalue weighted by molar-refractivity contribution is 0.0975. The van der Waals surface area contributed by atoms with E-state index >= 15 is 0 Å². The van der Waals surface area contributed by atoms with Gasteiger partial charge in [0.15, 0.2) is 5.11 Å². The maximum atomic E-state index is 12.6. The fraction of sp³-hybridized carbons (Fsp3) is 0.0455. The second-order valence-corrected chi connectivity index (χ2v) is 8.88. The molecule has 0 spiro atoms. The molecule has 0 aliphatic carbocycles. The molecule has 6 nitrogen and oxygen atoms in total. The molecule has 0 saturated heterocycles. The van der Waals surface area contributed by atoms with Crippen LogP contribution in [0.2, 0.25) is 10.0 Å². The number of halogens is 2. The summed E-state index contributed by atoms with van der Waals surface area (Å²) in [6.07, 6.45) is 0. The molecule has 3 N–H and O–H groups in total. The number of hydrogen-bond acceptors (Lipinski definition) is 6. The van der Waals surface area contributed by atoms with Crippen LogP contribution in [0.3, 0.4) is 0 Å². The van der Waals surface area contributed by atoms with Gasteiger partial charge >= 0.3 is 0 Å². The quantitative estimate of drug-likeness (QED) is 0.291. The number of carbonyl (C=O) groups is 1. The van der Waals surface area contributed by atoms with Gasteiger partial charge in [-0.15, -0.1) is 11.3 Å². The van der Waals surface area contributed by atoms with E-state index in [0.717, 1.165) is 10.2 Å². The van der Waals surface area contributed by atoms with E-state index in [0.29, 0.717) is 16.3 Å². The molecule has 3 aromatic carbocycles. The third-order valence-corrected chi connectivity index (χ3v) is 6.24. The van der Waals surface area contributed by atoms with Gasteiger partial charge in [-0.05, 0) is 48.6 Å². The third kappa shape index (κ3) is 4.63.